The molecule has 1 aromatic heterocycles. The van der Waals surface area contributed by atoms with Crippen molar-refractivity contribution >= 4 is 33.0 Å². The number of carboxylic acids is 1. The van der Waals surface area contributed by atoms with Gasteiger partial charge in [-0.15, -0.1) is 0 Å². The molecule has 0 saturated carbocycles. The van der Waals surface area contributed by atoms with Crippen LogP contribution in [0.2, 0.25) is 0 Å². The minimum Gasteiger partial charge on any atom is -0.481 e. The maximum atomic E-state index is 10.5. The quantitative estimate of drug-likeness (QED) is 0.941. The highest BCUT2D eigenvalue weighted by molar-refractivity contribution is 9.10. The minimum atomic E-state index is -0.843. The summed E-state index contributed by atoms with van der Waals surface area (Å²) in [5.74, 6) is -0.362. The molecular weight excluding hydrogens is 286 g/mol. The van der Waals surface area contributed by atoms with Gasteiger partial charge in [0.2, 0.25) is 0 Å². The lowest BCUT2D eigenvalue weighted by molar-refractivity contribution is -0.137. The Bertz CT molecular complexity index is 562. The van der Waals surface area contributed by atoms with Gasteiger partial charge in [0.05, 0.1) is 6.42 Å². The van der Waals surface area contributed by atoms with Crippen LogP contribution in [-0.4, -0.2) is 16.1 Å². The van der Waals surface area contributed by atoms with E-state index in [4.69, 9.17) is 9.52 Å². The van der Waals surface area contributed by atoms with Gasteiger partial charge in [-0.05, 0) is 24.1 Å². The Morgan fingerprint density at radius 1 is 1.53 bits per heavy atom. The first-order chi connectivity index (χ1) is 8.10. The van der Waals surface area contributed by atoms with Gasteiger partial charge in [-0.25, -0.2) is 4.98 Å². The van der Waals surface area contributed by atoms with Crippen molar-refractivity contribution in [2.45, 2.75) is 26.2 Å². The Morgan fingerprint density at radius 3 is 2.94 bits per heavy atom. The van der Waals surface area contributed by atoms with Gasteiger partial charge in [-0.3, -0.25) is 4.79 Å². The fourth-order valence-corrected chi connectivity index (χ4v) is 2.19. The number of hydrogen-bond acceptors (Lipinski definition) is 3. The molecule has 4 nitrogen and oxygen atoms in total. The van der Waals surface area contributed by atoms with Crippen molar-refractivity contribution in [2.75, 3.05) is 0 Å². The summed E-state index contributed by atoms with van der Waals surface area (Å²) in [6.45, 7) is 2.04. The molecule has 2 aromatic rings. The van der Waals surface area contributed by atoms with E-state index in [2.05, 4.69) is 20.9 Å². The standard InChI is InChI=1S/C12H12BrNO3/c1-2-7-5-8(13)6-9-12(7)17-10(14-9)3-4-11(15)16/h5-6H,2-4H2,1H3,(H,15,16). The largest absolute Gasteiger partial charge is 0.481 e. The third kappa shape index (κ3) is 2.66. The maximum absolute atomic E-state index is 10.5. The SMILES string of the molecule is CCc1cc(Br)cc2nc(CCC(=O)O)oc12. The number of aliphatic carboxylic acids is 1. The van der Waals surface area contributed by atoms with Crippen LogP contribution in [0, 0.1) is 0 Å². The van der Waals surface area contributed by atoms with Crippen molar-refractivity contribution < 1.29 is 14.3 Å². The molecule has 0 unspecified atom stereocenters. The fraction of sp³-hybridized carbons (Fsp3) is 0.333. The molecule has 1 heterocycles. The molecule has 90 valence electrons. The van der Waals surface area contributed by atoms with Crippen LogP contribution in [0.15, 0.2) is 21.0 Å². The molecular formula is C12H12BrNO3. The molecule has 0 aliphatic carbocycles. The Labute approximate surface area is 107 Å². The molecule has 0 amide bonds. The molecule has 5 heteroatoms. The Kier molecular flexibility index (Phi) is 3.47. The van der Waals surface area contributed by atoms with E-state index in [-0.39, 0.29) is 6.42 Å². The highest BCUT2D eigenvalue weighted by Gasteiger charge is 2.11. The number of aromatic nitrogens is 1. The zero-order chi connectivity index (χ0) is 12.4. The smallest absolute Gasteiger partial charge is 0.303 e. The van der Waals surface area contributed by atoms with E-state index in [1.807, 2.05) is 19.1 Å². The number of aryl methyl sites for hydroxylation is 2. The minimum absolute atomic E-state index is 0.0372. The highest BCUT2D eigenvalue weighted by atomic mass is 79.9. The summed E-state index contributed by atoms with van der Waals surface area (Å²) in [5.41, 5.74) is 2.61. The molecule has 0 radical (unpaired) electrons. The van der Waals surface area contributed by atoms with Gasteiger partial charge in [-0.1, -0.05) is 22.9 Å². The van der Waals surface area contributed by atoms with Crippen molar-refractivity contribution in [3.63, 3.8) is 0 Å². The van der Waals surface area contributed by atoms with Gasteiger partial charge in [0.15, 0.2) is 11.5 Å². The second-order valence-corrected chi connectivity index (χ2v) is 4.68. The molecule has 0 aliphatic heterocycles. The Hall–Kier alpha value is -1.36. The van der Waals surface area contributed by atoms with Crippen molar-refractivity contribution in [1.29, 1.82) is 0 Å². The monoisotopic (exact) mass is 297 g/mol. The predicted molar refractivity (Wildman–Crippen MR) is 67.0 cm³/mol. The van der Waals surface area contributed by atoms with E-state index in [1.165, 1.54) is 0 Å². The summed E-state index contributed by atoms with van der Waals surface area (Å²) < 4.78 is 6.56. The molecule has 0 bridgehead atoms. The second-order valence-electron chi connectivity index (χ2n) is 3.77. The van der Waals surface area contributed by atoms with Crippen molar-refractivity contribution in [3.05, 3.63) is 28.1 Å². The number of rotatable bonds is 4. The fourth-order valence-electron chi connectivity index (χ4n) is 1.69. The first kappa shape index (κ1) is 12.1. The van der Waals surface area contributed by atoms with E-state index < -0.39 is 5.97 Å². The first-order valence-electron chi connectivity index (χ1n) is 5.39. The molecule has 0 aliphatic rings. The lowest BCUT2D eigenvalue weighted by Gasteiger charge is -1.97. The average molecular weight is 298 g/mol. The highest BCUT2D eigenvalue weighted by Crippen LogP contribution is 2.25. The topological polar surface area (TPSA) is 63.3 Å². The number of hydrogen-bond donors (Lipinski definition) is 1. The van der Waals surface area contributed by atoms with Crippen LogP contribution in [0.3, 0.4) is 0 Å². The Morgan fingerprint density at radius 2 is 2.29 bits per heavy atom. The summed E-state index contributed by atoms with van der Waals surface area (Å²) >= 11 is 3.42. The number of carboxylic acid groups (broad SMARTS) is 1. The van der Waals surface area contributed by atoms with Crippen LogP contribution < -0.4 is 0 Å². The van der Waals surface area contributed by atoms with Crippen LogP contribution in [0.25, 0.3) is 11.1 Å². The third-order valence-electron chi connectivity index (χ3n) is 2.51. The molecule has 0 saturated heterocycles. The molecule has 1 aromatic carbocycles. The van der Waals surface area contributed by atoms with E-state index >= 15 is 0 Å². The number of carbonyl (C=O) groups is 1. The van der Waals surface area contributed by atoms with Gasteiger partial charge < -0.3 is 9.52 Å². The average Bonchev–Trinajstić information content (AvgIpc) is 2.67. The number of oxazole rings is 1. The molecule has 1 N–H and O–H groups in total. The summed E-state index contributed by atoms with van der Waals surface area (Å²) in [7, 11) is 0. The molecule has 0 fully saturated rings. The molecule has 2 rings (SSSR count). The summed E-state index contributed by atoms with van der Waals surface area (Å²) in [6, 6.07) is 3.87. The van der Waals surface area contributed by atoms with Gasteiger partial charge >= 0.3 is 5.97 Å². The van der Waals surface area contributed by atoms with Crippen molar-refractivity contribution in [3.8, 4) is 0 Å². The molecule has 0 spiro atoms. The van der Waals surface area contributed by atoms with Gasteiger partial charge in [0, 0.05) is 10.9 Å². The normalized spacial score (nSPS) is 10.9. The predicted octanol–water partition coefficient (Wildman–Crippen LogP) is 3.17. The van der Waals surface area contributed by atoms with E-state index in [1.54, 1.807) is 0 Å². The van der Waals surface area contributed by atoms with E-state index in [0.717, 1.165) is 27.6 Å². The van der Waals surface area contributed by atoms with Crippen LogP contribution in [0.4, 0.5) is 0 Å². The third-order valence-corrected chi connectivity index (χ3v) is 2.97. The van der Waals surface area contributed by atoms with E-state index in [9.17, 15) is 4.79 Å². The Balaban J connectivity index is 2.39. The van der Waals surface area contributed by atoms with Crippen LogP contribution >= 0.6 is 15.9 Å². The van der Waals surface area contributed by atoms with E-state index in [0.29, 0.717) is 12.3 Å². The summed E-state index contributed by atoms with van der Waals surface area (Å²) in [6.07, 6.45) is 1.21. The number of halogens is 1. The first-order valence-corrected chi connectivity index (χ1v) is 6.19. The van der Waals surface area contributed by atoms with Crippen molar-refractivity contribution in [2.24, 2.45) is 0 Å². The second kappa shape index (κ2) is 4.87. The number of nitrogens with zero attached hydrogens (tertiary/aromatic N) is 1. The zero-order valence-corrected chi connectivity index (χ0v) is 11.0. The molecule has 17 heavy (non-hydrogen) atoms. The lowest BCUT2D eigenvalue weighted by Crippen LogP contribution is -1.97. The maximum Gasteiger partial charge on any atom is 0.303 e. The van der Waals surface area contributed by atoms with Gasteiger partial charge in [0.1, 0.15) is 5.52 Å². The van der Waals surface area contributed by atoms with Gasteiger partial charge in [0.25, 0.3) is 0 Å². The number of fused-ring (bicyclic) bond motifs is 1. The zero-order valence-electron chi connectivity index (χ0n) is 9.36. The van der Waals surface area contributed by atoms with Crippen molar-refractivity contribution in [1.82, 2.24) is 4.98 Å². The molecule has 0 atom stereocenters. The summed E-state index contributed by atoms with van der Waals surface area (Å²) in [4.78, 5) is 14.8. The summed E-state index contributed by atoms with van der Waals surface area (Å²) in [5, 5.41) is 8.62. The van der Waals surface area contributed by atoms with Crippen LogP contribution in [-0.2, 0) is 17.6 Å². The van der Waals surface area contributed by atoms with Crippen LogP contribution in [0.1, 0.15) is 24.8 Å². The van der Waals surface area contributed by atoms with Crippen LogP contribution in [0.5, 0.6) is 0 Å². The van der Waals surface area contributed by atoms with Gasteiger partial charge in [-0.2, -0.15) is 0 Å². The number of benzene rings is 1. The lowest BCUT2D eigenvalue weighted by atomic mass is 10.1.